The Balaban J connectivity index is 2.96. The lowest BCUT2D eigenvalue weighted by atomic mass is 10.4. The molecule has 0 aliphatic rings. The number of nitrogens with zero attached hydrogens (tertiary/aromatic N) is 2. The van der Waals surface area contributed by atoms with Crippen molar-refractivity contribution in [3.63, 3.8) is 0 Å². The van der Waals surface area contributed by atoms with Crippen LogP contribution in [0.5, 0.6) is 0 Å². The number of hydrogen-bond acceptors (Lipinski definition) is 4. The molecule has 58 valence electrons. The minimum Gasteiger partial charge on any atom is -0.464 e. The van der Waals surface area contributed by atoms with E-state index in [1.165, 1.54) is 13.3 Å². The molecule has 0 atom stereocenters. The van der Waals surface area contributed by atoms with Crippen molar-refractivity contribution in [2.24, 2.45) is 0 Å². The fraction of sp³-hybridized carbons (Fsp3) is 0.286. The van der Waals surface area contributed by atoms with Crippen LogP contribution in [0.4, 0.5) is 0 Å². The summed E-state index contributed by atoms with van der Waals surface area (Å²) >= 11 is 0. The molecule has 1 aromatic heterocycles. The zero-order valence-corrected chi connectivity index (χ0v) is 6.37. The number of rotatable bonds is 1. The SMILES string of the molecule is COC(=O)c1cncc(C)n1. The second-order valence-electron chi connectivity index (χ2n) is 2.04. The molecule has 4 nitrogen and oxygen atoms in total. The van der Waals surface area contributed by atoms with Gasteiger partial charge in [0, 0.05) is 6.20 Å². The van der Waals surface area contributed by atoms with Crippen molar-refractivity contribution in [3.8, 4) is 0 Å². The number of hydrogen-bond donors (Lipinski definition) is 0. The first kappa shape index (κ1) is 7.65. The third-order valence-corrected chi connectivity index (χ3v) is 1.15. The van der Waals surface area contributed by atoms with E-state index in [0.717, 1.165) is 0 Å². The molecule has 0 aliphatic carbocycles. The maximum atomic E-state index is 10.8. The molecule has 0 amide bonds. The molecule has 0 bridgehead atoms. The summed E-state index contributed by atoms with van der Waals surface area (Å²) in [5, 5.41) is 0. The van der Waals surface area contributed by atoms with Gasteiger partial charge in [0.1, 0.15) is 0 Å². The van der Waals surface area contributed by atoms with Crippen molar-refractivity contribution in [2.75, 3.05) is 7.11 Å². The monoisotopic (exact) mass is 152 g/mol. The predicted molar refractivity (Wildman–Crippen MR) is 38.1 cm³/mol. The van der Waals surface area contributed by atoms with Crippen molar-refractivity contribution in [2.45, 2.75) is 6.92 Å². The molecule has 1 aromatic rings. The van der Waals surface area contributed by atoms with Crippen LogP contribution in [0.25, 0.3) is 0 Å². The molecule has 0 aromatic carbocycles. The normalized spacial score (nSPS) is 9.27. The summed E-state index contributed by atoms with van der Waals surface area (Å²) in [6, 6.07) is 0. The first-order chi connectivity index (χ1) is 5.24. The number of esters is 1. The first-order valence-corrected chi connectivity index (χ1v) is 3.11. The van der Waals surface area contributed by atoms with Gasteiger partial charge < -0.3 is 4.74 Å². The molecule has 0 spiro atoms. The van der Waals surface area contributed by atoms with Crippen LogP contribution in [-0.4, -0.2) is 23.0 Å². The van der Waals surface area contributed by atoms with Crippen molar-refractivity contribution < 1.29 is 9.53 Å². The Bertz CT molecular complexity index is 273. The Kier molecular flexibility index (Phi) is 2.15. The van der Waals surface area contributed by atoms with Crippen molar-refractivity contribution in [1.29, 1.82) is 0 Å². The Hall–Kier alpha value is -1.45. The molecular weight excluding hydrogens is 144 g/mol. The van der Waals surface area contributed by atoms with E-state index < -0.39 is 5.97 Å². The van der Waals surface area contributed by atoms with E-state index in [2.05, 4.69) is 14.7 Å². The molecule has 1 rings (SSSR count). The first-order valence-electron chi connectivity index (χ1n) is 3.11. The second-order valence-corrected chi connectivity index (χ2v) is 2.04. The second kappa shape index (κ2) is 3.09. The lowest BCUT2D eigenvalue weighted by molar-refractivity contribution is 0.0593. The molecule has 0 fully saturated rings. The van der Waals surface area contributed by atoms with Gasteiger partial charge in [-0.1, -0.05) is 0 Å². The highest BCUT2D eigenvalue weighted by Crippen LogP contribution is 1.95. The van der Waals surface area contributed by atoms with Crippen molar-refractivity contribution in [3.05, 3.63) is 23.8 Å². The van der Waals surface area contributed by atoms with Crippen LogP contribution in [0.3, 0.4) is 0 Å². The van der Waals surface area contributed by atoms with Gasteiger partial charge in [0.05, 0.1) is 19.0 Å². The third kappa shape index (κ3) is 1.73. The minimum absolute atomic E-state index is 0.243. The Labute approximate surface area is 64.2 Å². The van der Waals surface area contributed by atoms with Gasteiger partial charge in [-0.2, -0.15) is 0 Å². The van der Waals surface area contributed by atoms with Crippen LogP contribution in [0.1, 0.15) is 16.2 Å². The summed E-state index contributed by atoms with van der Waals surface area (Å²) in [6.45, 7) is 1.76. The summed E-state index contributed by atoms with van der Waals surface area (Å²) in [4.78, 5) is 18.5. The number of aryl methyl sites for hydroxylation is 1. The van der Waals surface area contributed by atoms with E-state index in [-0.39, 0.29) is 5.69 Å². The van der Waals surface area contributed by atoms with E-state index in [4.69, 9.17) is 0 Å². The highest BCUT2D eigenvalue weighted by atomic mass is 16.5. The molecule has 0 saturated carbocycles. The molecule has 0 N–H and O–H groups in total. The molecule has 4 heteroatoms. The summed E-state index contributed by atoms with van der Waals surface area (Å²) in [6.07, 6.45) is 2.95. The van der Waals surface area contributed by atoms with E-state index in [1.807, 2.05) is 0 Å². The van der Waals surface area contributed by atoms with Crippen LogP contribution in [-0.2, 0) is 4.74 Å². The standard InChI is InChI=1S/C7H8N2O2/c1-5-3-8-4-6(9-5)7(10)11-2/h3-4H,1-2H3. The molecule has 0 unspecified atom stereocenters. The van der Waals surface area contributed by atoms with E-state index in [1.54, 1.807) is 13.1 Å². The lowest BCUT2D eigenvalue weighted by Gasteiger charge is -1.96. The maximum Gasteiger partial charge on any atom is 0.358 e. The zero-order valence-electron chi connectivity index (χ0n) is 6.37. The molecule has 1 heterocycles. The molecule has 0 aliphatic heterocycles. The summed E-state index contributed by atoms with van der Waals surface area (Å²) in [5.74, 6) is -0.457. The Morgan fingerprint density at radius 3 is 2.82 bits per heavy atom. The van der Waals surface area contributed by atoms with Gasteiger partial charge in [-0.3, -0.25) is 4.98 Å². The van der Waals surface area contributed by atoms with Crippen LogP contribution in [0.2, 0.25) is 0 Å². The molecule has 0 saturated heterocycles. The molecular formula is C7H8N2O2. The highest BCUT2D eigenvalue weighted by Gasteiger charge is 2.05. The van der Waals surface area contributed by atoms with Gasteiger partial charge in [-0.25, -0.2) is 9.78 Å². The third-order valence-electron chi connectivity index (χ3n) is 1.15. The number of methoxy groups -OCH3 is 1. The number of carbonyl (C=O) groups is 1. The van der Waals surface area contributed by atoms with Gasteiger partial charge in [0.15, 0.2) is 5.69 Å². The fourth-order valence-electron chi connectivity index (χ4n) is 0.666. The van der Waals surface area contributed by atoms with Crippen molar-refractivity contribution >= 4 is 5.97 Å². The van der Waals surface area contributed by atoms with E-state index in [9.17, 15) is 4.79 Å². The van der Waals surface area contributed by atoms with Gasteiger partial charge in [-0.05, 0) is 6.92 Å². The number of carbonyl (C=O) groups excluding carboxylic acids is 1. The van der Waals surface area contributed by atoms with Gasteiger partial charge in [0.2, 0.25) is 0 Å². The summed E-state index contributed by atoms with van der Waals surface area (Å²) < 4.78 is 4.45. The van der Waals surface area contributed by atoms with Crippen LogP contribution in [0, 0.1) is 6.92 Å². The highest BCUT2D eigenvalue weighted by molar-refractivity contribution is 5.86. The Morgan fingerprint density at radius 1 is 1.55 bits per heavy atom. The van der Waals surface area contributed by atoms with E-state index >= 15 is 0 Å². The fourth-order valence-corrected chi connectivity index (χ4v) is 0.666. The molecule has 0 radical (unpaired) electrons. The summed E-state index contributed by atoms with van der Waals surface area (Å²) in [5.41, 5.74) is 0.945. The predicted octanol–water partition coefficient (Wildman–Crippen LogP) is 0.572. The topological polar surface area (TPSA) is 52.1 Å². The van der Waals surface area contributed by atoms with Crippen molar-refractivity contribution in [1.82, 2.24) is 9.97 Å². The average molecular weight is 152 g/mol. The minimum atomic E-state index is -0.457. The van der Waals surface area contributed by atoms with Crippen LogP contribution >= 0.6 is 0 Å². The number of aromatic nitrogens is 2. The van der Waals surface area contributed by atoms with Crippen LogP contribution in [0.15, 0.2) is 12.4 Å². The zero-order chi connectivity index (χ0) is 8.27. The summed E-state index contributed by atoms with van der Waals surface area (Å²) in [7, 11) is 1.31. The van der Waals surface area contributed by atoms with Crippen LogP contribution < -0.4 is 0 Å². The van der Waals surface area contributed by atoms with Gasteiger partial charge in [0.25, 0.3) is 0 Å². The quantitative estimate of drug-likeness (QED) is 0.552. The largest absolute Gasteiger partial charge is 0.464 e. The van der Waals surface area contributed by atoms with Gasteiger partial charge in [-0.15, -0.1) is 0 Å². The average Bonchev–Trinajstić information content (AvgIpc) is 2.03. The number of ether oxygens (including phenoxy) is 1. The lowest BCUT2D eigenvalue weighted by Crippen LogP contribution is -2.05. The smallest absolute Gasteiger partial charge is 0.358 e. The molecule has 11 heavy (non-hydrogen) atoms. The Morgan fingerprint density at radius 2 is 2.27 bits per heavy atom. The van der Waals surface area contributed by atoms with Gasteiger partial charge >= 0.3 is 5.97 Å². The van der Waals surface area contributed by atoms with E-state index in [0.29, 0.717) is 5.69 Å². The maximum absolute atomic E-state index is 10.8.